The minimum Gasteiger partial charge on any atom is -0.455 e. The van der Waals surface area contributed by atoms with Crippen LogP contribution in [0.2, 0.25) is 0 Å². The van der Waals surface area contributed by atoms with Gasteiger partial charge in [-0.05, 0) is 55.9 Å². The number of allylic oxidation sites excluding steroid dienone is 1. The number of fused-ring (bicyclic) bond motifs is 2. The average molecular weight is 254 g/mol. The minimum atomic E-state index is 0.634. The first-order chi connectivity index (χ1) is 9.40. The van der Waals surface area contributed by atoms with E-state index in [1.165, 1.54) is 24.8 Å². The maximum absolute atomic E-state index is 5.93. The van der Waals surface area contributed by atoms with Gasteiger partial charge in [-0.1, -0.05) is 6.08 Å². The van der Waals surface area contributed by atoms with Crippen molar-refractivity contribution in [2.75, 3.05) is 6.54 Å². The summed E-state index contributed by atoms with van der Waals surface area (Å²) in [5.74, 6) is 1.82. The molecule has 98 valence electrons. The molecule has 1 aliphatic carbocycles. The molecule has 2 aromatic rings. The second-order valence-electron chi connectivity index (χ2n) is 5.63. The summed E-state index contributed by atoms with van der Waals surface area (Å²) in [5.41, 5.74) is 3.18. The van der Waals surface area contributed by atoms with Crippen LogP contribution in [0.1, 0.15) is 31.4 Å². The molecule has 19 heavy (non-hydrogen) atoms. The third kappa shape index (κ3) is 1.98. The standard InChI is InChI=1S/C16H18N2O/c1-3-11-5-6-12(9-13(11)17-7-1)16-10-14-15(19-16)4-2-8-18-14/h2,4,6,8,10-11,13,17H,1,3,5,7,9H2. The van der Waals surface area contributed by atoms with E-state index in [0.29, 0.717) is 6.04 Å². The Kier molecular flexibility index (Phi) is 2.66. The first kappa shape index (κ1) is 11.2. The molecule has 2 unspecified atom stereocenters. The fourth-order valence-electron chi connectivity index (χ4n) is 3.38. The van der Waals surface area contributed by atoms with Gasteiger partial charge in [0.25, 0.3) is 0 Å². The SMILES string of the molecule is C1=C(c2cc3ncccc3o2)CC2NCCCC2C1. The quantitative estimate of drug-likeness (QED) is 0.848. The molecule has 0 radical (unpaired) electrons. The number of pyridine rings is 1. The number of piperidine rings is 1. The van der Waals surface area contributed by atoms with Crippen molar-refractivity contribution < 1.29 is 4.42 Å². The summed E-state index contributed by atoms with van der Waals surface area (Å²) >= 11 is 0. The predicted octanol–water partition coefficient (Wildman–Crippen LogP) is 3.37. The molecule has 1 aliphatic heterocycles. The van der Waals surface area contributed by atoms with Crippen molar-refractivity contribution in [1.29, 1.82) is 0 Å². The summed E-state index contributed by atoms with van der Waals surface area (Å²) in [6.07, 6.45) is 9.13. The van der Waals surface area contributed by atoms with E-state index in [-0.39, 0.29) is 0 Å². The van der Waals surface area contributed by atoms with E-state index in [1.54, 1.807) is 0 Å². The molecule has 0 bridgehead atoms. The van der Waals surface area contributed by atoms with Gasteiger partial charge in [0.15, 0.2) is 5.58 Å². The Morgan fingerprint density at radius 3 is 3.32 bits per heavy atom. The molecule has 0 amide bonds. The summed E-state index contributed by atoms with van der Waals surface area (Å²) in [4.78, 5) is 4.34. The topological polar surface area (TPSA) is 38.1 Å². The van der Waals surface area contributed by atoms with Crippen LogP contribution in [0, 0.1) is 5.92 Å². The number of nitrogens with one attached hydrogen (secondary N) is 1. The largest absolute Gasteiger partial charge is 0.455 e. The third-order valence-corrected chi connectivity index (χ3v) is 4.44. The van der Waals surface area contributed by atoms with Crippen LogP contribution in [-0.2, 0) is 0 Å². The van der Waals surface area contributed by atoms with Crippen molar-refractivity contribution in [1.82, 2.24) is 10.3 Å². The maximum atomic E-state index is 5.93. The molecule has 2 aliphatic rings. The number of aromatic nitrogens is 1. The zero-order valence-electron chi connectivity index (χ0n) is 10.9. The lowest BCUT2D eigenvalue weighted by atomic mass is 9.79. The number of hydrogen-bond acceptors (Lipinski definition) is 3. The average Bonchev–Trinajstić information content (AvgIpc) is 2.90. The van der Waals surface area contributed by atoms with Gasteiger partial charge >= 0.3 is 0 Å². The molecule has 0 saturated carbocycles. The van der Waals surface area contributed by atoms with Gasteiger partial charge in [0.05, 0.1) is 0 Å². The molecular formula is C16H18N2O. The molecule has 3 heteroatoms. The molecule has 3 heterocycles. The number of hydrogen-bond donors (Lipinski definition) is 1. The van der Waals surface area contributed by atoms with Crippen LogP contribution >= 0.6 is 0 Å². The Balaban J connectivity index is 1.66. The lowest BCUT2D eigenvalue weighted by molar-refractivity contribution is 0.276. The summed E-state index contributed by atoms with van der Waals surface area (Å²) in [6.45, 7) is 1.16. The lowest BCUT2D eigenvalue weighted by Gasteiger charge is -2.35. The van der Waals surface area contributed by atoms with Gasteiger partial charge in [-0.3, -0.25) is 4.98 Å². The van der Waals surface area contributed by atoms with Gasteiger partial charge in [-0.15, -0.1) is 0 Å². The van der Waals surface area contributed by atoms with Crippen molar-refractivity contribution in [2.24, 2.45) is 5.92 Å². The van der Waals surface area contributed by atoms with E-state index in [1.807, 2.05) is 18.3 Å². The summed E-state index contributed by atoms with van der Waals surface area (Å²) in [6, 6.07) is 6.61. The van der Waals surface area contributed by atoms with Crippen molar-refractivity contribution in [2.45, 2.75) is 31.7 Å². The van der Waals surface area contributed by atoms with E-state index in [4.69, 9.17) is 4.42 Å². The summed E-state index contributed by atoms with van der Waals surface area (Å²) in [7, 11) is 0. The van der Waals surface area contributed by atoms with E-state index in [9.17, 15) is 0 Å². The summed E-state index contributed by atoms with van der Waals surface area (Å²) in [5, 5.41) is 3.66. The van der Waals surface area contributed by atoms with Crippen molar-refractivity contribution in [3.8, 4) is 0 Å². The summed E-state index contributed by atoms with van der Waals surface area (Å²) < 4.78 is 5.93. The normalized spacial score (nSPS) is 27.1. The fourth-order valence-corrected chi connectivity index (χ4v) is 3.38. The van der Waals surface area contributed by atoms with Gasteiger partial charge in [-0.2, -0.15) is 0 Å². The van der Waals surface area contributed by atoms with Gasteiger partial charge in [-0.25, -0.2) is 0 Å². The van der Waals surface area contributed by atoms with E-state index >= 15 is 0 Å². The van der Waals surface area contributed by atoms with Crippen LogP contribution in [-0.4, -0.2) is 17.6 Å². The highest BCUT2D eigenvalue weighted by Crippen LogP contribution is 2.36. The number of rotatable bonds is 1. The first-order valence-corrected chi connectivity index (χ1v) is 7.17. The van der Waals surface area contributed by atoms with E-state index < -0.39 is 0 Å². The van der Waals surface area contributed by atoms with Gasteiger partial charge in [0.1, 0.15) is 11.3 Å². The molecule has 1 saturated heterocycles. The molecule has 0 spiro atoms. The molecule has 1 fully saturated rings. The van der Waals surface area contributed by atoms with Crippen LogP contribution in [0.3, 0.4) is 0 Å². The molecular weight excluding hydrogens is 236 g/mol. The van der Waals surface area contributed by atoms with Gasteiger partial charge < -0.3 is 9.73 Å². The number of nitrogens with zero attached hydrogens (tertiary/aromatic N) is 1. The fraction of sp³-hybridized carbons (Fsp3) is 0.438. The van der Waals surface area contributed by atoms with Crippen LogP contribution < -0.4 is 5.32 Å². The molecule has 2 aromatic heterocycles. The second kappa shape index (κ2) is 4.49. The highest BCUT2D eigenvalue weighted by Gasteiger charge is 2.29. The van der Waals surface area contributed by atoms with Crippen molar-refractivity contribution in [3.63, 3.8) is 0 Å². The van der Waals surface area contributed by atoms with E-state index in [0.717, 1.165) is 35.7 Å². The van der Waals surface area contributed by atoms with Crippen LogP contribution in [0.25, 0.3) is 16.7 Å². The number of furan rings is 1. The highest BCUT2D eigenvalue weighted by molar-refractivity contribution is 5.78. The monoisotopic (exact) mass is 254 g/mol. The Morgan fingerprint density at radius 1 is 1.37 bits per heavy atom. The van der Waals surface area contributed by atoms with Gasteiger partial charge in [0.2, 0.25) is 0 Å². The zero-order valence-corrected chi connectivity index (χ0v) is 10.9. The predicted molar refractivity (Wildman–Crippen MR) is 75.7 cm³/mol. The second-order valence-corrected chi connectivity index (χ2v) is 5.63. The van der Waals surface area contributed by atoms with Crippen LogP contribution in [0.15, 0.2) is 34.9 Å². The Morgan fingerprint density at radius 2 is 2.37 bits per heavy atom. The molecule has 3 nitrogen and oxygen atoms in total. The lowest BCUT2D eigenvalue weighted by Crippen LogP contribution is -2.42. The van der Waals surface area contributed by atoms with Crippen molar-refractivity contribution >= 4 is 16.7 Å². The molecule has 1 N–H and O–H groups in total. The van der Waals surface area contributed by atoms with Gasteiger partial charge in [0, 0.05) is 18.3 Å². The zero-order chi connectivity index (χ0) is 12.7. The smallest absolute Gasteiger partial charge is 0.153 e. The highest BCUT2D eigenvalue weighted by atomic mass is 16.3. The Bertz CT molecular complexity index is 595. The van der Waals surface area contributed by atoms with Crippen molar-refractivity contribution in [3.05, 3.63) is 36.2 Å². The Labute approximate surface area is 112 Å². The minimum absolute atomic E-state index is 0.634. The van der Waals surface area contributed by atoms with E-state index in [2.05, 4.69) is 22.4 Å². The third-order valence-electron chi connectivity index (χ3n) is 4.44. The Hall–Kier alpha value is -1.61. The first-order valence-electron chi connectivity index (χ1n) is 7.17. The maximum Gasteiger partial charge on any atom is 0.153 e. The molecule has 0 aromatic carbocycles. The van der Waals surface area contributed by atoms with Crippen LogP contribution in [0.4, 0.5) is 0 Å². The molecule has 4 rings (SSSR count). The molecule has 2 atom stereocenters. The van der Waals surface area contributed by atoms with Crippen LogP contribution in [0.5, 0.6) is 0 Å².